The van der Waals surface area contributed by atoms with Crippen LogP contribution >= 0.6 is 23.1 Å². The molecule has 2 aliphatic rings. The molecule has 0 saturated carbocycles. The third-order valence-corrected chi connectivity index (χ3v) is 9.42. The molecule has 2 N–H and O–H groups in total. The van der Waals surface area contributed by atoms with Crippen LogP contribution in [0.15, 0.2) is 87.3 Å². The molecular formula is C26H24N4O4S3. The Hall–Kier alpha value is -2.96. The lowest BCUT2D eigenvalue weighted by Crippen LogP contribution is -2.73. The van der Waals surface area contributed by atoms with E-state index in [0.717, 1.165) is 25.4 Å². The Kier molecular flexibility index (Phi) is 7.50. The van der Waals surface area contributed by atoms with Crippen molar-refractivity contribution in [2.45, 2.75) is 35.7 Å². The van der Waals surface area contributed by atoms with Crippen LogP contribution in [0.5, 0.6) is 0 Å². The van der Waals surface area contributed by atoms with Gasteiger partial charge in [-0.15, -0.1) is 10.2 Å². The number of carbonyl (C=O) groups is 2. The second kappa shape index (κ2) is 10.8. The molecule has 3 atom stereocenters. The molecule has 2 aliphatic heterocycles. The average Bonchev–Trinajstić information content (AvgIpc) is 3.31. The van der Waals surface area contributed by atoms with E-state index in [1.54, 1.807) is 6.08 Å². The number of thioether (sulfide) groups is 1. The zero-order valence-corrected chi connectivity index (χ0v) is 22.5. The molecule has 3 aromatic rings. The number of esters is 1. The maximum atomic E-state index is 13.8. The van der Waals surface area contributed by atoms with Crippen molar-refractivity contribution in [1.82, 2.24) is 15.1 Å². The summed E-state index contributed by atoms with van der Waals surface area (Å²) in [6, 6.07) is 17.9. The predicted molar refractivity (Wildman–Crippen MR) is 144 cm³/mol. The van der Waals surface area contributed by atoms with Gasteiger partial charge in [0.25, 0.3) is 5.91 Å². The van der Waals surface area contributed by atoms with Crippen molar-refractivity contribution in [3.8, 4) is 0 Å². The average molecular weight is 553 g/mol. The zero-order chi connectivity index (χ0) is 26.1. The summed E-state index contributed by atoms with van der Waals surface area (Å²) in [5, 5.41) is 8.25. The second-order valence-corrected chi connectivity index (χ2v) is 12.8. The number of hydrogen-bond acceptors (Lipinski definition) is 9. The van der Waals surface area contributed by atoms with Gasteiger partial charge in [-0.1, -0.05) is 83.8 Å². The predicted octanol–water partition coefficient (Wildman–Crippen LogP) is 3.69. The van der Waals surface area contributed by atoms with Crippen LogP contribution in [0.2, 0.25) is 0 Å². The minimum absolute atomic E-state index is 0.0843. The van der Waals surface area contributed by atoms with E-state index in [1.165, 1.54) is 28.0 Å². The van der Waals surface area contributed by atoms with Gasteiger partial charge in [0.2, 0.25) is 5.37 Å². The molecule has 5 rings (SSSR count). The van der Waals surface area contributed by atoms with Crippen LogP contribution in [0.1, 0.15) is 29.2 Å². The molecule has 3 heterocycles. The molecule has 1 amide bonds. The normalized spacial score (nSPS) is 21.6. The number of benzene rings is 2. The highest BCUT2D eigenvalue weighted by molar-refractivity contribution is 8.04. The smallest absolute Gasteiger partial charge is 0.356 e. The highest BCUT2D eigenvalue weighted by Crippen LogP contribution is 2.39. The maximum Gasteiger partial charge on any atom is 0.356 e. The molecule has 0 spiro atoms. The first-order valence-corrected chi connectivity index (χ1v) is 14.5. The number of aromatic nitrogens is 2. The minimum Gasteiger partial charge on any atom is -0.614 e. The molecule has 3 unspecified atom stereocenters. The third kappa shape index (κ3) is 5.23. The van der Waals surface area contributed by atoms with Crippen LogP contribution in [0, 0.1) is 6.92 Å². The molecule has 2 aromatic carbocycles. The Balaban J connectivity index is 1.53. The van der Waals surface area contributed by atoms with Gasteiger partial charge in [0.05, 0.1) is 0 Å². The number of nitrogens with two attached hydrogens (primary N) is 1. The Morgan fingerprint density at radius 1 is 1.19 bits per heavy atom. The number of ether oxygens (including phenoxy) is 1. The maximum absolute atomic E-state index is 13.8. The van der Waals surface area contributed by atoms with Gasteiger partial charge >= 0.3 is 5.97 Å². The summed E-state index contributed by atoms with van der Waals surface area (Å²) in [5.74, 6) is -1.03. The van der Waals surface area contributed by atoms with Crippen molar-refractivity contribution in [1.29, 1.82) is 0 Å². The molecule has 190 valence electrons. The van der Waals surface area contributed by atoms with Crippen molar-refractivity contribution in [2.24, 2.45) is 5.73 Å². The lowest BCUT2D eigenvalue weighted by molar-refractivity contribution is -0.153. The fraction of sp³-hybridized carbons (Fsp3) is 0.231. The van der Waals surface area contributed by atoms with E-state index in [-0.39, 0.29) is 11.4 Å². The lowest BCUT2D eigenvalue weighted by atomic mass is 10.0. The molecule has 0 bridgehead atoms. The van der Waals surface area contributed by atoms with E-state index in [2.05, 4.69) is 10.2 Å². The molecule has 1 fully saturated rings. The summed E-state index contributed by atoms with van der Waals surface area (Å²) < 4.78 is 19.8. The van der Waals surface area contributed by atoms with Gasteiger partial charge in [0.1, 0.15) is 16.5 Å². The van der Waals surface area contributed by atoms with Crippen molar-refractivity contribution >= 4 is 46.2 Å². The Labute approximate surface area is 225 Å². The fourth-order valence-corrected chi connectivity index (χ4v) is 7.77. The van der Waals surface area contributed by atoms with Crippen molar-refractivity contribution in [3.63, 3.8) is 0 Å². The molecule has 1 aromatic heterocycles. The molecule has 37 heavy (non-hydrogen) atoms. The number of hydrogen-bond donors (Lipinski definition) is 1. The third-order valence-electron chi connectivity index (χ3n) is 5.95. The lowest BCUT2D eigenvalue weighted by Gasteiger charge is -2.47. The zero-order valence-electron chi connectivity index (χ0n) is 20.1. The first kappa shape index (κ1) is 25.7. The summed E-state index contributed by atoms with van der Waals surface area (Å²) >= 11 is 1.39. The molecule has 0 aliphatic carbocycles. The van der Waals surface area contributed by atoms with E-state index in [0.29, 0.717) is 5.57 Å². The Bertz CT molecular complexity index is 1340. The summed E-state index contributed by atoms with van der Waals surface area (Å²) in [5.41, 5.74) is 8.10. The van der Waals surface area contributed by atoms with Gasteiger partial charge in [-0.05, 0) is 47.1 Å². The molecule has 1 saturated heterocycles. The van der Waals surface area contributed by atoms with Gasteiger partial charge < -0.3 is 15.0 Å². The fourth-order valence-electron chi connectivity index (χ4n) is 4.29. The van der Waals surface area contributed by atoms with Crippen LogP contribution in [-0.2, 0) is 25.5 Å². The number of nitrogens with zero attached hydrogens (tertiary/aromatic N) is 3. The summed E-state index contributed by atoms with van der Waals surface area (Å²) in [6.07, 6.45) is 1.08. The van der Waals surface area contributed by atoms with Crippen LogP contribution in [0.25, 0.3) is 0 Å². The van der Waals surface area contributed by atoms with E-state index < -0.39 is 40.6 Å². The topological polar surface area (TPSA) is 121 Å². The van der Waals surface area contributed by atoms with Gasteiger partial charge in [0, 0.05) is 5.57 Å². The molecular weight excluding hydrogens is 529 g/mol. The van der Waals surface area contributed by atoms with Gasteiger partial charge in [-0.2, -0.15) is 0 Å². The van der Waals surface area contributed by atoms with Gasteiger partial charge in [-0.25, -0.2) is 4.79 Å². The van der Waals surface area contributed by atoms with E-state index in [1.807, 2.05) is 74.5 Å². The number of rotatable bonds is 7. The number of fused-ring (bicyclic) bond motifs is 1. The SMILES string of the molecule is CC(=CC1=C(C(=O)OC(c2ccccc2)c2ccccc2)N2C(=O)C(N)C2[S+]([O-])C1)Sc1nnc(C)s1. The Morgan fingerprint density at radius 3 is 2.38 bits per heavy atom. The van der Waals surface area contributed by atoms with Crippen LogP contribution in [0.3, 0.4) is 0 Å². The monoisotopic (exact) mass is 552 g/mol. The summed E-state index contributed by atoms with van der Waals surface area (Å²) in [4.78, 5) is 28.6. The molecule has 11 heteroatoms. The molecule has 0 radical (unpaired) electrons. The Morgan fingerprint density at radius 2 is 1.81 bits per heavy atom. The minimum atomic E-state index is -1.45. The van der Waals surface area contributed by atoms with Crippen molar-refractivity contribution in [2.75, 3.05) is 5.75 Å². The van der Waals surface area contributed by atoms with E-state index >= 15 is 0 Å². The first-order valence-electron chi connectivity index (χ1n) is 11.5. The van der Waals surface area contributed by atoms with Gasteiger partial charge in [-0.3, -0.25) is 9.69 Å². The van der Waals surface area contributed by atoms with Crippen LogP contribution < -0.4 is 5.73 Å². The quantitative estimate of drug-likeness (QED) is 0.204. The number of amides is 1. The number of aryl methyl sites for hydroxylation is 1. The number of allylic oxidation sites excluding steroid dienone is 2. The van der Waals surface area contributed by atoms with Crippen LogP contribution in [-0.4, -0.2) is 48.7 Å². The largest absolute Gasteiger partial charge is 0.614 e. The van der Waals surface area contributed by atoms with Crippen LogP contribution in [0.4, 0.5) is 0 Å². The first-order chi connectivity index (χ1) is 17.8. The second-order valence-electron chi connectivity index (χ2n) is 8.57. The highest BCUT2D eigenvalue weighted by Gasteiger charge is 2.59. The molecule has 8 nitrogen and oxygen atoms in total. The van der Waals surface area contributed by atoms with E-state index in [4.69, 9.17) is 10.5 Å². The summed E-state index contributed by atoms with van der Waals surface area (Å²) in [6.45, 7) is 3.74. The van der Waals surface area contributed by atoms with Crippen molar-refractivity contribution in [3.05, 3.63) is 99.0 Å². The highest BCUT2D eigenvalue weighted by atomic mass is 32.2. The number of β-lactam (4-membered cyclic amide) rings is 1. The van der Waals surface area contributed by atoms with E-state index in [9.17, 15) is 14.1 Å². The van der Waals surface area contributed by atoms with Crippen molar-refractivity contribution < 1.29 is 18.9 Å². The standard InChI is InChI=1S/C26H24N4O4S3/c1-15(35-26-29-28-16(2)36-26)13-19-14-37(33)24-20(27)23(31)30(24)21(19)25(32)34-22(17-9-5-3-6-10-17)18-11-7-4-8-12-18/h3-13,20,22,24H,14,27H2,1-2H3. The summed E-state index contributed by atoms with van der Waals surface area (Å²) in [7, 11) is 0. The van der Waals surface area contributed by atoms with Gasteiger partial charge in [0.15, 0.2) is 16.5 Å². The number of carbonyl (C=O) groups excluding carboxylic acids is 2.